The van der Waals surface area contributed by atoms with E-state index in [1.165, 1.54) is 11.3 Å². The molecule has 20 heavy (non-hydrogen) atoms. The SMILES string of the molecule is CC(C)NCc1csc(S(=O)(=O)NCC2CCCO2)c1. The highest BCUT2D eigenvalue weighted by Crippen LogP contribution is 2.20. The molecule has 0 saturated carbocycles. The van der Waals surface area contributed by atoms with Gasteiger partial charge in [-0.2, -0.15) is 0 Å². The Balaban J connectivity index is 1.91. The smallest absolute Gasteiger partial charge is 0.250 e. The van der Waals surface area contributed by atoms with Gasteiger partial charge in [0.25, 0.3) is 0 Å². The van der Waals surface area contributed by atoms with E-state index in [-0.39, 0.29) is 6.10 Å². The Morgan fingerprint density at radius 1 is 1.50 bits per heavy atom. The van der Waals surface area contributed by atoms with E-state index in [4.69, 9.17) is 4.74 Å². The number of thiophene rings is 1. The Bertz CT molecular complexity index is 519. The minimum absolute atomic E-state index is 0.0202. The molecule has 1 fully saturated rings. The maximum absolute atomic E-state index is 12.2. The van der Waals surface area contributed by atoms with Gasteiger partial charge >= 0.3 is 0 Å². The first-order valence-corrected chi connectivity index (χ1v) is 9.26. The maximum Gasteiger partial charge on any atom is 0.250 e. The summed E-state index contributed by atoms with van der Waals surface area (Å²) < 4.78 is 32.8. The number of hydrogen-bond donors (Lipinski definition) is 2. The Hall–Kier alpha value is -0.470. The average molecular weight is 318 g/mol. The van der Waals surface area contributed by atoms with Crippen molar-refractivity contribution in [2.24, 2.45) is 0 Å². The molecule has 0 aromatic carbocycles. The first kappa shape index (κ1) is 15.9. The van der Waals surface area contributed by atoms with Gasteiger partial charge in [-0.1, -0.05) is 13.8 Å². The molecule has 0 radical (unpaired) electrons. The second kappa shape index (κ2) is 7.00. The molecular formula is C13H22N2O3S2. The number of nitrogens with one attached hydrogen (secondary N) is 2. The summed E-state index contributed by atoms with van der Waals surface area (Å²) in [5.74, 6) is 0. The molecule has 1 aliphatic rings. The van der Waals surface area contributed by atoms with Crippen molar-refractivity contribution in [3.63, 3.8) is 0 Å². The van der Waals surface area contributed by atoms with Crippen molar-refractivity contribution in [2.75, 3.05) is 13.2 Å². The maximum atomic E-state index is 12.2. The summed E-state index contributed by atoms with van der Waals surface area (Å²) >= 11 is 1.26. The molecule has 7 heteroatoms. The number of hydrogen-bond acceptors (Lipinski definition) is 5. The monoisotopic (exact) mass is 318 g/mol. The van der Waals surface area contributed by atoms with E-state index in [0.29, 0.717) is 23.3 Å². The van der Waals surface area contributed by atoms with Crippen LogP contribution in [0.5, 0.6) is 0 Å². The Kier molecular flexibility index (Phi) is 5.57. The molecule has 0 bridgehead atoms. The highest BCUT2D eigenvalue weighted by molar-refractivity contribution is 7.91. The predicted octanol–water partition coefficient (Wildman–Crippen LogP) is 1.70. The third-order valence-corrected chi connectivity index (χ3v) is 6.05. The summed E-state index contributed by atoms with van der Waals surface area (Å²) in [6, 6.07) is 2.12. The van der Waals surface area contributed by atoms with Gasteiger partial charge in [-0.25, -0.2) is 13.1 Å². The Morgan fingerprint density at radius 3 is 2.95 bits per heavy atom. The average Bonchev–Trinajstić information content (AvgIpc) is 3.05. The van der Waals surface area contributed by atoms with Crippen LogP contribution in [0.25, 0.3) is 0 Å². The molecule has 1 saturated heterocycles. The molecule has 1 aromatic heterocycles. The zero-order chi connectivity index (χ0) is 14.6. The van der Waals surface area contributed by atoms with Crippen molar-refractivity contribution in [1.29, 1.82) is 0 Å². The summed E-state index contributed by atoms with van der Waals surface area (Å²) in [5, 5.41) is 5.16. The van der Waals surface area contributed by atoms with Crippen molar-refractivity contribution in [1.82, 2.24) is 10.0 Å². The molecule has 1 unspecified atom stereocenters. The zero-order valence-electron chi connectivity index (χ0n) is 11.9. The summed E-state index contributed by atoms with van der Waals surface area (Å²) in [6.45, 7) is 5.91. The van der Waals surface area contributed by atoms with E-state index < -0.39 is 10.0 Å². The lowest BCUT2D eigenvalue weighted by molar-refractivity contribution is 0.114. The Morgan fingerprint density at radius 2 is 2.30 bits per heavy atom. The van der Waals surface area contributed by atoms with Crippen molar-refractivity contribution in [3.05, 3.63) is 17.0 Å². The number of ether oxygens (including phenoxy) is 1. The lowest BCUT2D eigenvalue weighted by Crippen LogP contribution is -2.31. The minimum Gasteiger partial charge on any atom is -0.377 e. The molecule has 0 amide bonds. The van der Waals surface area contributed by atoms with Gasteiger partial charge < -0.3 is 10.1 Å². The van der Waals surface area contributed by atoms with E-state index >= 15 is 0 Å². The molecule has 114 valence electrons. The molecule has 0 aliphatic carbocycles. The van der Waals surface area contributed by atoms with Crippen LogP contribution in [0.15, 0.2) is 15.7 Å². The molecule has 1 atom stereocenters. The molecule has 5 nitrogen and oxygen atoms in total. The van der Waals surface area contributed by atoms with Gasteiger partial charge in [-0.3, -0.25) is 0 Å². The van der Waals surface area contributed by atoms with Crippen molar-refractivity contribution < 1.29 is 13.2 Å². The quantitative estimate of drug-likeness (QED) is 0.803. The van der Waals surface area contributed by atoms with Crippen LogP contribution in [0.1, 0.15) is 32.3 Å². The van der Waals surface area contributed by atoms with Crippen molar-refractivity contribution in [2.45, 2.75) is 49.6 Å². The fraction of sp³-hybridized carbons (Fsp3) is 0.692. The van der Waals surface area contributed by atoms with Crippen LogP contribution in [0.2, 0.25) is 0 Å². The van der Waals surface area contributed by atoms with E-state index in [0.717, 1.165) is 25.0 Å². The van der Waals surface area contributed by atoms with Gasteiger partial charge in [0.1, 0.15) is 4.21 Å². The lowest BCUT2D eigenvalue weighted by atomic mass is 10.2. The third kappa shape index (κ3) is 4.53. The molecular weight excluding hydrogens is 296 g/mol. The Labute approximate surface area is 124 Å². The molecule has 2 rings (SSSR count). The molecule has 0 spiro atoms. The number of sulfonamides is 1. The van der Waals surface area contributed by atoms with Crippen LogP contribution in [0.3, 0.4) is 0 Å². The normalized spacial score (nSPS) is 19.9. The second-order valence-electron chi connectivity index (χ2n) is 5.30. The van der Waals surface area contributed by atoms with Gasteiger partial charge in [0.15, 0.2) is 0 Å². The van der Waals surface area contributed by atoms with Gasteiger partial charge in [-0.15, -0.1) is 11.3 Å². The van der Waals surface area contributed by atoms with Crippen LogP contribution < -0.4 is 10.0 Å². The fourth-order valence-corrected chi connectivity index (χ4v) is 4.31. The van der Waals surface area contributed by atoms with Crippen molar-refractivity contribution >= 4 is 21.4 Å². The van der Waals surface area contributed by atoms with E-state index in [2.05, 4.69) is 23.9 Å². The van der Waals surface area contributed by atoms with Crippen LogP contribution in [-0.2, 0) is 21.3 Å². The van der Waals surface area contributed by atoms with Gasteiger partial charge in [0, 0.05) is 25.7 Å². The highest BCUT2D eigenvalue weighted by atomic mass is 32.2. The summed E-state index contributed by atoms with van der Waals surface area (Å²) in [7, 11) is -3.40. The molecule has 1 aromatic rings. The first-order chi connectivity index (χ1) is 9.47. The summed E-state index contributed by atoms with van der Waals surface area (Å²) in [5.41, 5.74) is 1.00. The van der Waals surface area contributed by atoms with Gasteiger partial charge in [0.05, 0.1) is 6.10 Å². The summed E-state index contributed by atoms with van der Waals surface area (Å²) in [6.07, 6.45) is 1.96. The zero-order valence-corrected chi connectivity index (χ0v) is 13.5. The van der Waals surface area contributed by atoms with Crippen LogP contribution in [-0.4, -0.2) is 33.7 Å². The molecule has 2 heterocycles. The summed E-state index contributed by atoms with van der Waals surface area (Å²) in [4.78, 5) is 0. The third-order valence-electron chi connectivity index (χ3n) is 3.13. The van der Waals surface area contributed by atoms with Crippen LogP contribution in [0.4, 0.5) is 0 Å². The minimum atomic E-state index is -3.40. The van der Waals surface area contributed by atoms with Gasteiger partial charge in [-0.05, 0) is 29.9 Å². The van der Waals surface area contributed by atoms with Crippen molar-refractivity contribution in [3.8, 4) is 0 Å². The first-order valence-electron chi connectivity index (χ1n) is 6.89. The van der Waals surface area contributed by atoms with E-state index in [1.807, 2.05) is 5.38 Å². The second-order valence-corrected chi connectivity index (χ2v) is 8.20. The largest absolute Gasteiger partial charge is 0.377 e. The van der Waals surface area contributed by atoms with Gasteiger partial charge in [0.2, 0.25) is 10.0 Å². The molecule has 2 N–H and O–H groups in total. The van der Waals surface area contributed by atoms with E-state index in [9.17, 15) is 8.42 Å². The topological polar surface area (TPSA) is 67.4 Å². The molecule has 1 aliphatic heterocycles. The fourth-order valence-electron chi connectivity index (χ4n) is 1.99. The number of rotatable bonds is 7. The standard InChI is InChI=1S/C13H22N2O3S2/c1-10(2)14-7-11-6-13(19-9-11)20(16,17)15-8-12-4-3-5-18-12/h6,9-10,12,14-15H,3-5,7-8H2,1-2H3. The highest BCUT2D eigenvalue weighted by Gasteiger charge is 2.21. The van der Waals surface area contributed by atoms with Crippen LogP contribution >= 0.6 is 11.3 Å². The predicted molar refractivity (Wildman–Crippen MR) is 80.5 cm³/mol. The van der Waals surface area contributed by atoms with E-state index in [1.54, 1.807) is 6.07 Å². The van der Waals surface area contributed by atoms with Crippen LogP contribution in [0, 0.1) is 0 Å². The lowest BCUT2D eigenvalue weighted by Gasteiger charge is -2.10.